The van der Waals surface area contributed by atoms with E-state index < -0.39 is 5.97 Å². The summed E-state index contributed by atoms with van der Waals surface area (Å²) >= 11 is 1.67. The van der Waals surface area contributed by atoms with Crippen LogP contribution < -0.4 is 0 Å². The zero-order chi connectivity index (χ0) is 11.6. The van der Waals surface area contributed by atoms with Crippen LogP contribution in [0.3, 0.4) is 0 Å². The molecule has 0 aromatic carbocycles. The van der Waals surface area contributed by atoms with Gasteiger partial charge in [0.25, 0.3) is 0 Å². The average molecular weight is 237 g/mol. The number of aliphatic carboxylic acids is 1. The lowest BCUT2D eigenvalue weighted by Crippen LogP contribution is -2.11. The Bertz CT molecular complexity index is 402. The minimum Gasteiger partial charge on any atom is -0.481 e. The summed E-state index contributed by atoms with van der Waals surface area (Å²) < 4.78 is 0. The van der Waals surface area contributed by atoms with Crippen molar-refractivity contribution >= 4 is 17.7 Å². The zero-order valence-corrected chi connectivity index (χ0v) is 10.1. The van der Waals surface area contributed by atoms with E-state index in [0.717, 1.165) is 29.3 Å². The second kappa shape index (κ2) is 4.45. The minimum atomic E-state index is -0.685. The normalized spacial score (nSPS) is 17.1. The molecule has 1 heterocycles. The third-order valence-electron chi connectivity index (χ3n) is 2.87. The molecule has 0 atom stereocenters. The summed E-state index contributed by atoms with van der Waals surface area (Å²) in [6.07, 6.45) is 2.38. The predicted molar refractivity (Wildman–Crippen MR) is 63.6 cm³/mol. The second-order valence-corrected chi connectivity index (χ2v) is 5.47. The van der Waals surface area contributed by atoms with Crippen LogP contribution in [0.2, 0.25) is 0 Å². The van der Waals surface area contributed by atoms with Crippen molar-refractivity contribution in [2.24, 2.45) is 5.41 Å². The van der Waals surface area contributed by atoms with Crippen molar-refractivity contribution in [1.82, 2.24) is 4.98 Å². The Morgan fingerprint density at radius 3 is 2.88 bits per heavy atom. The number of nitrogens with zero attached hydrogens (tertiary/aromatic N) is 1. The standard InChI is InChI=1S/C12H15NO2S/c1-9-3-2-4-10(13-9)16-8-12(5-6-12)7-11(14)15/h2-4H,5-8H2,1H3,(H,14,15). The number of carboxylic acids is 1. The molecule has 1 aliphatic rings. The minimum absolute atomic E-state index is 0.0436. The molecule has 0 radical (unpaired) electrons. The molecular weight excluding hydrogens is 222 g/mol. The molecule has 1 fully saturated rings. The Balaban J connectivity index is 1.90. The number of hydrogen-bond acceptors (Lipinski definition) is 3. The third kappa shape index (κ3) is 2.98. The van der Waals surface area contributed by atoms with Crippen LogP contribution in [0.5, 0.6) is 0 Å². The molecule has 1 aromatic heterocycles. The molecule has 16 heavy (non-hydrogen) atoms. The first kappa shape index (κ1) is 11.5. The van der Waals surface area contributed by atoms with Gasteiger partial charge in [0.1, 0.15) is 0 Å². The largest absolute Gasteiger partial charge is 0.481 e. The molecule has 0 spiro atoms. The van der Waals surface area contributed by atoms with Gasteiger partial charge in [0.2, 0.25) is 0 Å². The molecule has 86 valence electrons. The second-order valence-electron chi connectivity index (χ2n) is 4.48. The Kier molecular flexibility index (Phi) is 3.19. The van der Waals surface area contributed by atoms with Crippen molar-refractivity contribution in [1.29, 1.82) is 0 Å². The van der Waals surface area contributed by atoms with E-state index in [2.05, 4.69) is 4.98 Å². The topological polar surface area (TPSA) is 50.2 Å². The van der Waals surface area contributed by atoms with Gasteiger partial charge in [-0.2, -0.15) is 0 Å². The molecule has 4 heteroatoms. The van der Waals surface area contributed by atoms with Crippen molar-refractivity contribution in [3.05, 3.63) is 23.9 Å². The van der Waals surface area contributed by atoms with E-state index in [1.165, 1.54) is 0 Å². The fourth-order valence-corrected chi connectivity index (χ4v) is 2.92. The van der Waals surface area contributed by atoms with Crippen molar-refractivity contribution in [2.45, 2.75) is 31.2 Å². The highest BCUT2D eigenvalue weighted by atomic mass is 32.2. The number of aromatic nitrogens is 1. The van der Waals surface area contributed by atoms with E-state index in [-0.39, 0.29) is 5.41 Å². The van der Waals surface area contributed by atoms with Gasteiger partial charge in [-0.15, -0.1) is 11.8 Å². The zero-order valence-electron chi connectivity index (χ0n) is 9.27. The van der Waals surface area contributed by atoms with E-state index in [4.69, 9.17) is 5.11 Å². The summed E-state index contributed by atoms with van der Waals surface area (Å²) in [5.41, 5.74) is 1.05. The van der Waals surface area contributed by atoms with Gasteiger partial charge in [-0.1, -0.05) is 6.07 Å². The van der Waals surface area contributed by atoms with Crippen molar-refractivity contribution in [3.63, 3.8) is 0 Å². The van der Waals surface area contributed by atoms with Crippen LogP contribution in [-0.2, 0) is 4.79 Å². The number of aryl methyl sites for hydroxylation is 1. The Morgan fingerprint density at radius 2 is 2.31 bits per heavy atom. The maximum atomic E-state index is 10.7. The lowest BCUT2D eigenvalue weighted by Gasteiger charge is -2.11. The average Bonchev–Trinajstić information content (AvgIpc) is 2.95. The van der Waals surface area contributed by atoms with E-state index in [1.54, 1.807) is 11.8 Å². The summed E-state index contributed by atoms with van der Waals surface area (Å²) in [5, 5.41) is 9.80. The first-order valence-electron chi connectivity index (χ1n) is 5.38. The first-order valence-corrected chi connectivity index (χ1v) is 6.37. The van der Waals surface area contributed by atoms with Crippen LogP contribution in [0.1, 0.15) is 25.0 Å². The smallest absolute Gasteiger partial charge is 0.303 e. The highest BCUT2D eigenvalue weighted by Crippen LogP contribution is 2.51. The molecule has 0 amide bonds. The predicted octanol–water partition coefficient (Wildman–Crippen LogP) is 2.74. The molecular formula is C12H15NO2S. The van der Waals surface area contributed by atoms with Gasteiger partial charge in [-0.3, -0.25) is 4.79 Å². The number of pyridine rings is 1. The fourth-order valence-electron chi connectivity index (χ4n) is 1.70. The van der Waals surface area contributed by atoms with Crippen LogP contribution >= 0.6 is 11.8 Å². The molecule has 1 aliphatic carbocycles. The van der Waals surface area contributed by atoms with Gasteiger partial charge >= 0.3 is 5.97 Å². The number of rotatable bonds is 5. The van der Waals surface area contributed by atoms with Gasteiger partial charge in [0, 0.05) is 11.4 Å². The molecule has 3 nitrogen and oxygen atoms in total. The van der Waals surface area contributed by atoms with E-state index in [0.29, 0.717) is 6.42 Å². The van der Waals surface area contributed by atoms with Crippen LogP contribution in [0.4, 0.5) is 0 Å². The van der Waals surface area contributed by atoms with Gasteiger partial charge in [0.05, 0.1) is 11.4 Å². The van der Waals surface area contributed by atoms with E-state index in [9.17, 15) is 4.79 Å². The highest BCUT2D eigenvalue weighted by molar-refractivity contribution is 7.99. The molecule has 0 saturated heterocycles. The van der Waals surface area contributed by atoms with Crippen LogP contribution in [-0.4, -0.2) is 21.8 Å². The molecule has 0 bridgehead atoms. The van der Waals surface area contributed by atoms with Crippen molar-refractivity contribution in [3.8, 4) is 0 Å². The molecule has 0 aliphatic heterocycles. The highest BCUT2D eigenvalue weighted by Gasteiger charge is 2.44. The maximum absolute atomic E-state index is 10.7. The number of thioether (sulfide) groups is 1. The summed E-state index contributed by atoms with van der Waals surface area (Å²) in [4.78, 5) is 15.1. The SMILES string of the molecule is Cc1cccc(SCC2(CC(=O)O)CC2)n1. The van der Waals surface area contributed by atoms with Crippen molar-refractivity contribution < 1.29 is 9.90 Å². The molecule has 1 saturated carbocycles. The van der Waals surface area contributed by atoms with Crippen LogP contribution in [0.15, 0.2) is 23.2 Å². The van der Waals surface area contributed by atoms with Crippen LogP contribution in [0.25, 0.3) is 0 Å². The number of hydrogen-bond donors (Lipinski definition) is 1. The van der Waals surface area contributed by atoms with Crippen molar-refractivity contribution in [2.75, 3.05) is 5.75 Å². The Labute approximate surface area is 99.3 Å². The Morgan fingerprint density at radius 1 is 1.56 bits per heavy atom. The summed E-state index contributed by atoms with van der Waals surface area (Å²) in [7, 11) is 0. The molecule has 0 unspecified atom stereocenters. The van der Waals surface area contributed by atoms with E-state index in [1.807, 2.05) is 25.1 Å². The summed E-state index contributed by atoms with van der Waals surface area (Å²) in [6, 6.07) is 5.93. The molecule has 1 aromatic rings. The lowest BCUT2D eigenvalue weighted by molar-refractivity contribution is -0.138. The summed E-state index contributed by atoms with van der Waals surface area (Å²) in [6.45, 7) is 1.97. The van der Waals surface area contributed by atoms with Crippen LogP contribution in [0, 0.1) is 12.3 Å². The fraction of sp³-hybridized carbons (Fsp3) is 0.500. The van der Waals surface area contributed by atoms with E-state index >= 15 is 0 Å². The number of carboxylic acid groups (broad SMARTS) is 1. The van der Waals surface area contributed by atoms with Gasteiger partial charge in [-0.25, -0.2) is 4.98 Å². The van der Waals surface area contributed by atoms with Gasteiger partial charge < -0.3 is 5.11 Å². The monoisotopic (exact) mass is 237 g/mol. The number of carbonyl (C=O) groups is 1. The van der Waals surface area contributed by atoms with Gasteiger partial charge in [-0.05, 0) is 37.3 Å². The first-order chi connectivity index (χ1) is 7.60. The summed E-state index contributed by atoms with van der Waals surface area (Å²) in [5.74, 6) is 0.186. The third-order valence-corrected chi connectivity index (χ3v) is 4.15. The molecule has 2 rings (SSSR count). The van der Waals surface area contributed by atoms with Gasteiger partial charge in [0.15, 0.2) is 0 Å². The Hall–Kier alpha value is -1.03. The lowest BCUT2D eigenvalue weighted by atomic mass is 10.1. The maximum Gasteiger partial charge on any atom is 0.303 e. The quantitative estimate of drug-likeness (QED) is 0.800. The molecule has 1 N–H and O–H groups in total.